The summed E-state index contributed by atoms with van der Waals surface area (Å²) in [6.45, 7) is 10.2. The summed E-state index contributed by atoms with van der Waals surface area (Å²) in [4.78, 5) is 20.6. The summed E-state index contributed by atoms with van der Waals surface area (Å²) in [6.07, 6.45) is 10.5. The Labute approximate surface area is 285 Å². The number of aliphatic hydroxyl groups is 1. The van der Waals surface area contributed by atoms with Crippen LogP contribution in [-0.4, -0.2) is 20.9 Å². The first-order valence-electron chi connectivity index (χ1n) is 16.0. The summed E-state index contributed by atoms with van der Waals surface area (Å²) in [5.74, 6) is 0.547. The van der Waals surface area contributed by atoms with Crippen LogP contribution >= 0.6 is 0 Å². The number of aliphatic hydroxyl groups excluding tert-OH is 1. The first kappa shape index (κ1) is 34.7. The van der Waals surface area contributed by atoms with Crippen LogP contribution in [0.1, 0.15) is 58.9 Å². The van der Waals surface area contributed by atoms with Crippen LogP contribution in [0, 0.1) is 24.8 Å². The van der Waals surface area contributed by atoms with Crippen LogP contribution < -0.4 is 0 Å². The molecule has 3 aromatic heterocycles. The van der Waals surface area contributed by atoms with Gasteiger partial charge in [-0.3, -0.25) is 9.78 Å². The molecule has 0 saturated heterocycles. The van der Waals surface area contributed by atoms with E-state index in [-0.39, 0.29) is 43.5 Å². The largest absolute Gasteiger partial charge is 0.512 e. The normalized spacial score (nSPS) is 11.6. The summed E-state index contributed by atoms with van der Waals surface area (Å²) in [5, 5.41) is 14.3. The number of nitrogens with zero attached hydrogens (tertiary/aromatic N) is 2. The third-order valence-electron chi connectivity index (χ3n) is 8.77. The second-order valence-electron chi connectivity index (χ2n) is 11.4. The summed E-state index contributed by atoms with van der Waals surface area (Å²) < 4.78 is 6.56. The molecule has 0 saturated carbocycles. The van der Waals surface area contributed by atoms with Gasteiger partial charge >= 0.3 is 0 Å². The van der Waals surface area contributed by atoms with Gasteiger partial charge in [-0.25, -0.2) is 0 Å². The minimum atomic E-state index is 0. The van der Waals surface area contributed by atoms with Crippen molar-refractivity contribution in [2.45, 2.75) is 60.3 Å². The number of benzene rings is 3. The first-order chi connectivity index (χ1) is 21.9. The molecule has 0 aliphatic heterocycles. The molecule has 6 aromatic rings. The van der Waals surface area contributed by atoms with Crippen molar-refractivity contribution in [3.05, 3.63) is 109 Å². The maximum Gasteiger partial charge on any atom is 0.162 e. The topological polar surface area (TPSA) is 76.2 Å². The van der Waals surface area contributed by atoms with Gasteiger partial charge in [-0.1, -0.05) is 81.1 Å². The molecule has 0 bridgehead atoms. The van der Waals surface area contributed by atoms with Crippen molar-refractivity contribution in [2.75, 3.05) is 0 Å². The Hall–Kier alpha value is -4.12. The van der Waals surface area contributed by atoms with Crippen LogP contribution in [-0.2, 0) is 24.9 Å². The molecule has 0 unspecified atom stereocenters. The zero-order chi connectivity index (χ0) is 31.9. The van der Waals surface area contributed by atoms with Gasteiger partial charge in [0.1, 0.15) is 5.58 Å². The maximum absolute atomic E-state index is 11.7. The minimum absolute atomic E-state index is 0. The average molecular weight is 790 g/mol. The molecule has 1 N–H and O–H groups in total. The summed E-state index contributed by atoms with van der Waals surface area (Å²) in [7, 11) is 0. The fraction of sp³-hybridized carbons (Fsp3) is 0.275. The molecular formula is C40H41IrN2O3-. The van der Waals surface area contributed by atoms with Crippen molar-refractivity contribution in [2.24, 2.45) is 11.8 Å². The van der Waals surface area contributed by atoms with Gasteiger partial charge in [0.05, 0.1) is 11.3 Å². The number of fused-ring (bicyclic) bond motifs is 4. The fourth-order valence-electron chi connectivity index (χ4n) is 6.05. The molecule has 0 atom stereocenters. The number of ketones is 1. The zero-order valence-corrected chi connectivity index (χ0v) is 29.5. The zero-order valence-electron chi connectivity index (χ0n) is 27.1. The van der Waals surface area contributed by atoms with Gasteiger partial charge in [0.25, 0.3) is 0 Å². The van der Waals surface area contributed by atoms with Crippen molar-refractivity contribution >= 4 is 38.5 Å². The third-order valence-corrected chi connectivity index (χ3v) is 8.77. The first-order valence-corrected chi connectivity index (χ1v) is 16.0. The second-order valence-corrected chi connectivity index (χ2v) is 11.4. The van der Waals surface area contributed by atoms with Gasteiger partial charge < -0.3 is 14.5 Å². The average Bonchev–Trinajstić information content (AvgIpc) is 3.47. The van der Waals surface area contributed by atoms with Gasteiger partial charge in [-0.05, 0) is 66.9 Å². The van der Waals surface area contributed by atoms with Crippen molar-refractivity contribution in [3.8, 4) is 22.4 Å². The van der Waals surface area contributed by atoms with Crippen molar-refractivity contribution in [1.29, 1.82) is 0 Å². The van der Waals surface area contributed by atoms with E-state index in [1.165, 1.54) is 11.6 Å². The number of rotatable bonds is 9. The van der Waals surface area contributed by atoms with Crippen LogP contribution in [0.4, 0.5) is 0 Å². The Bertz CT molecular complexity index is 1950. The van der Waals surface area contributed by atoms with Crippen LogP contribution in [0.3, 0.4) is 0 Å². The van der Waals surface area contributed by atoms with E-state index in [0.717, 1.165) is 80.8 Å². The van der Waals surface area contributed by atoms with E-state index in [1.54, 1.807) is 6.20 Å². The van der Waals surface area contributed by atoms with Gasteiger partial charge in [-0.2, -0.15) is 0 Å². The number of pyridine rings is 2. The predicted octanol–water partition coefficient (Wildman–Crippen LogP) is 10.8. The smallest absolute Gasteiger partial charge is 0.162 e. The molecule has 1 radical (unpaired) electrons. The SMILES string of the molecule is CCC(CC)C(=O)/C=C(\O)C(CC)CC.Cc1ccc(-c2cccc3ccncc23)c2oc3c(-c4ccccn4)[c-]ccc3c12.[Ir]. The number of furan rings is 1. The Kier molecular flexibility index (Phi) is 12.0. The number of carbonyl (C=O) groups is 1. The molecule has 46 heavy (non-hydrogen) atoms. The molecule has 0 aliphatic carbocycles. The summed E-state index contributed by atoms with van der Waals surface area (Å²) in [6, 6.07) is 25.9. The molecule has 3 aromatic carbocycles. The predicted molar refractivity (Wildman–Crippen MR) is 185 cm³/mol. The van der Waals surface area contributed by atoms with Crippen LogP contribution in [0.5, 0.6) is 0 Å². The van der Waals surface area contributed by atoms with E-state index < -0.39 is 0 Å². The molecule has 3 heterocycles. The molecule has 6 heteroatoms. The Morgan fingerprint density at radius 2 is 1.61 bits per heavy atom. The quantitative estimate of drug-likeness (QED) is 0.0897. The van der Waals surface area contributed by atoms with Crippen molar-refractivity contribution in [1.82, 2.24) is 9.97 Å². The van der Waals surface area contributed by atoms with Crippen LogP contribution in [0.15, 0.2) is 102 Å². The molecule has 5 nitrogen and oxygen atoms in total. The molecule has 0 amide bonds. The molecule has 0 spiro atoms. The van der Waals surface area contributed by atoms with Crippen LogP contribution in [0.25, 0.3) is 55.1 Å². The van der Waals surface area contributed by atoms with E-state index in [4.69, 9.17) is 4.42 Å². The van der Waals surface area contributed by atoms with E-state index in [0.29, 0.717) is 0 Å². The number of allylic oxidation sites excluding steroid dienone is 2. The van der Waals surface area contributed by atoms with Crippen LogP contribution in [0.2, 0.25) is 0 Å². The Morgan fingerprint density at radius 3 is 2.30 bits per heavy atom. The van der Waals surface area contributed by atoms with Gasteiger partial charge in [0, 0.05) is 72.9 Å². The number of aryl methyl sites for hydroxylation is 1. The van der Waals surface area contributed by atoms with E-state index in [9.17, 15) is 9.90 Å². The summed E-state index contributed by atoms with van der Waals surface area (Å²) in [5.41, 5.74) is 6.82. The van der Waals surface area contributed by atoms with Gasteiger partial charge in [0.15, 0.2) is 5.78 Å². The van der Waals surface area contributed by atoms with Gasteiger partial charge in [-0.15, -0.1) is 18.2 Å². The van der Waals surface area contributed by atoms with Crippen molar-refractivity contribution in [3.63, 3.8) is 0 Å². The minimum Gasteiger partial charge on any atom is -0.512 e. The number of carbonyl (C=O) groups excluding carboxylic acids is 1. The van der Waals surface area contributed by atoms with E-state index >= 15 is 0 Å². The standard InChI is InChI=1S/C27H17N2O.C13H24O2.Ir/c1-17-11-12-20(19-7-4-6-18-13-15-28-16-23(18)19)27-25(17)22-9-5-8-21(26(22)30-27)24-10-2-3-14-29-24;1-5-10(6-2)12(14)9-13(15)11(7-3)8-4;/h2-7,9-16H,1H3;9-11,14H,5-8H2,1-4H3;/q-1;;/b;12-9-;. The molecule has 239 valence electrons. The van der Waals surface area contributed by atoms with E-state index in [1.807, 2.05) is 70.4 Å². The molecule has 6 rings (SSSR count). The molecule has 0 fully saturated rings. The Balaban J connectivity index is 0.000000259. The number of aromatic nitrogens is 2. The molecular weight excluding hydrogens is 749 g/mol. The van der Waals surface area contributed by atoms with Gasteiger partial charge in [0.2, 0.25) is 0 Å². The monoisotopic (exact) mass is 790 g/mol. The molecule has 0 aliphatic rings. The summed E-state index contributed by atoms with van der Waals surface area (Å²) >= 11 is 0. The maximum atomic E-state index is 11.7. The van der Waals surface area contributed by atoms with E-state index in [2.05, 4.69) is 59.4 Å². The van der Waals surface area contributed by atoms with Crippen molar-refractivity contribution < 1.29 is 34.4 Å². The fourth-order valence-corrected chi connectivity index (χ4v) is 6.05. The second kappa shape index (κ2) is 15.9. The Morgan fingerprint density at radius 1 is 0.848 bits per heavy atom. The number of hydrogen-bond acceptors (Lipinski definition) is 5. The third kappa shape index (κ3) is 7.14. The number of hydrogen-bond donors (Lipinski definition) is 1.